The second-order valence-electron chi connectivity index (χ2n) is 3.28. The number of nitrogens with zero attached hydrogens (tertiary/aromatic N) is 2. The van der Waals surface area contributed by atoms with Crippen LogP contribution in [0.2, 0.25) is 10.0 Å². The predicted octanol–water partition coefficient (Wildman–Crippen LogP) is 2.42. The lowest BCUT2D eigenvalue weighted by atomic mass is 10.3. The van der Waals surface area contributed by atoms with E-state index < -0.39 is 0 Å². The lowest BCUT2D eigenvalue weighted by Crippen LogP contribution is -2.40. The molecule has 0 atom stereocenters. The van der Waals surface area contributed by atoms with Crippen LogP contribution in [-0.4, -0.2) is 23.3 Å². The van der Waals surface area contributed by atoms with Crippen molar-refractivity contribution in [2.24, 2.45) is 0 Å². The monoisotopic (exact) mass is 295 g/mol. The molecule has 1 aliphatic rings. The highest BCUT2D eigenvalue weighted by Gasteiger charge is 2.15. The van der Waals surface area contributed by atoms with E-state index in [9.17, 15) is 0 Å². The zero-order valence-corrected chi connectivity index (χ0v) is 11.1. The van der Waals surface area contributed by atoms with Gasteiger partial charge in [0.1, 0.15) is 0 Å². The zero-order valence-electron chi connectivity index (χ0n) is 8.81. The number of halogens is 3. The Labute approximate surface area is 116 Å². The first-order valence-corrected chi connectivity index (χ1v) is 5.52. The normalized spacial score (nSPS) is 14.1. The second-order valence-corrected chi connectivity index (χ2v) is 4.12. The third-order valence-electron chi connectivity index (χ3n) is 2.14. The molecule has 1 aromatic carbocycles. The number of rotatable bonds is 3. The van der Waals surface area contributed by atoms with E-state index in [2.05, 4.69) is 5.53 Å². The van der Waals surface area contributed by atoms with Gasteiger partial charge in [-0.15, -0.1) is 17.9 Å². The molecule has 0 radical (unpaired) electrons. The summed E-state index contributed by atoms with van der Waals surface area (Å²) in [5.41, 5.74) is 3.80. The molecule has 7 heteroatoms. The van der Waals surface area contributed by atoms with Gasteiger partial charge in [0.15, 0.2) is 0 Å². The first-order chi connectivity index (χ1) is 7.70. The lowest BCUT2D eigenvalue weighted by molar-refractivity contribution is 0.206. The van der Waals surface area contributed by atoms with Crippen LogP contribution in [0.25, 0.3) is 0 Å². The molecule has 0 spiro atoms. The van der Waals surface area contributed by atoms with Crippen molar-refractivity contribution in [1.29, 1.82) is 0 Å². The summed E-state index contributed by atoms with van der Waals surface area (Å²) >= 11 is 12.0. The maximum absolute atomic E-state index is 8.80. The molecule has 94 valence electrons. The van der Waals surface area contributed by atoms with Crippen molar-refractivity contribution >= 4 is 41.3 Å². The molecule has 17 heavy (non-hydrogen) atoms. The average Bonchev–Trinajstić information content (AvgIpc) is 2.71. The second kappa shape index (κ2) is 6.33. The fourth-order valence-corrected chi connectivity index (χ4v) is 1.76. The standard InChI is InChI=1S/C10H11Cl2N3O.ClH/c11-8-1-2-9(12)10(7-8)15-4-3-14(13-15)5-6-16;/h1-4,7,13,16H,5-6H2;1H. The Morgan fingerprint density at radius 2 is 2.00 bits per heavy atom. The van der Waals surface area contributed by atoms with E-state index in [-0.39, 0.29) is 19.0 Å². The fraction of sp³-hybridized carbons (Fsp3) is 0.200. The van der Waals surface area contributed by atoms with Crippen molar-refractivity contribution in [3.05, 3.63) is 40.6 Å². The van der Waals surface area contributed by atoms with E-state index in [1.165, 1.54) is 0 Å². The molecule has 0 saturated heterocycles. The molecule has 1 aliphatic heterocycles. The first kappa shape index (κ1) is 14.4. The van der Waals surface area contributed by atoms with Crippen LogP contribution in [0.1, 0.15) is 0 Å². The number of β-amino-alcohol motifs (C(OH)–C–C–N with tert-alkyl or cyclic N) is 1. The topological polar surface area (TPSA) is 38.7 Å². The molecule has 0 unspecified atom stereocenters. The Morgan fingerprint density at radius 1 is 1.24 bits per heavy atom. The minimum absolute atomic E-state index is 0. The number of aliphatic hydroxyl groups excluding tert-OH is 1. The number of hydrazine groups is 2. The fourth-order valence-electron chi connectivity index (χ4n) is 1.39. The molecule has 2 N–H and O–H groups in total. The van der Waals surface area contributed by atoms with Crippen LogP contribution in [0.15, 0.2) is 30.6 Å². The minimum atomic E-state index is 0. The minimum Gasteiger partial charge on any atom is -0.394 e. The SMILES string of the molecule is Cl.OCCN1C=CN(c2cc(Cl)ccc2Cl)N1. The zero-order chi connectivity index (χ0) is 11.5. The van der Waals surface area contributed by atoms with Crippen molar-refractivity contribution in [3.8, 4) is 0 Å². The summed E-state index contributed by atoms with van der Waals surface area (Å²) < 4.78 is 0. The van der Waals surface area contributed by atoms with Crippen LogP contribution in [0.4, 0.5) is 5.69 Å². The van der Waals surface area contributed by atoms with Gasteiger partial charge in [-0.2, -0.15) is 0 Å². The number of aliphatic hydroxyl groups is 1. The molecule has 0 bridgehead atoms. The van der Waals surface area contributed by atoms with Gasteiger partial charge in [0.25, 0.3) is 0 Å². The van der Waals surface area contributed by atoms with Gasteiger partial charge in [-0.1, -0.05) is 23.2 Å². The van der Waals surface area contributed by atoms with E-state index in [0.29, 0.717) is 16.6 Å². The highest BCUT2D eigenvalue weighted by atomic mass is 35.5. The molecule has 0 amide bonds. The summed E-state index contributed by atoms with van der Waals surface area (Å²) in [5.74, 6) is 0. The molecule has 0 aromatic heterocycles. The molecule has 2 rings (SSSR count). The molecule has 0 saturated carbocycles. The molecule has 0 fully saturated rings. The lowest BCUT2D eigenvalue weighted by Gasteiger charge is -2.22. The Bertz CT molecular complexity index is 414. The molecular weight excluding hydrogens is 284 g/mol. The quantitative estimate of drug-likeness (QED) is 0.898. The van der Waals surface area contributed by atoms with E-state index >= 15 is 0 Å². The summed E-state index contributed by atoms with van der Waals surface area (Å²) in [6.07, 6.45) is 3.63. The van der Waals surface area contributed by atoms with E-state index in [1.807, 2.05) is 12.4 Å². The van der Waals surface area contributed by atoms with Crippen molar-refractivity contribution in [3.63, 3.8) is 0 Å². The van der Waals surface area contributed by atoms with Gasteiger partial charge < -0.3 is 5.11 Å². The number of anilines is 1. The average molecular weight is 297 g/mol. The Kier molecular flexibility index (Phi) is 5.36. The van der Waals surface area contributed by atoms with Crippen molar-refractivity contribution in [2.75, 3.05) is 18.2 Å². The summed E-state index contributed by atoms with van der Waals surface area (Å²) in [6, 6.07) is 5.24. The smallest absolute Gasteiger partial charge is 0.0790 e. The molecule has 1 aromatic rings. The predicted molar refractivity (Wildman–Crippen MR) is 72.3 cm³/mol. The van der Waals surface area contributed by atoms with Gasteiger partial charge in [-0.25, -0.2) is 0 Å². The summed E-state index contributed by atoms with van der Waals surface area (Å²) in [7, 11) is 0. The van der Waals surface area contributed by atoms with Crippen LogP contribution in [0.3, 0.4) is 0 Å². The van der Waals surface area contributed by atoms with Crippen LogP contribution >= 0.6 is 35.6 Å². The van der Waals surface area contributed by atoms with Crippen molar-refractivity contribution < 1.29 is 5.11 Å². The largest absolute Gasteiger partial charge is 0.394 e. The van der Waals surface area contributed by atoms with E-state index in [1.54, 1.807) is 28.2 Å². The first-order valence-electron chi connectivity index (χ1n) is 4.77. The van der Waals surface area contributed by atoms with Crippen LogP contribution in [-0.2, 0) is 0 Å². The van der Waals surface area contributed by atoms with Gasteiger partial charge in [0.2, 0.25) is 0 Å². The third-order valence-corrected chi connectivity index (χ3v) is 2.70. The van der Waals surface area contributed by atoms with Crippen LogP contribution < -0.4 is 10.5 Å². The molecule has 1 heterocycles. The van der Waals surface area contributed by atoms with Crippen molar-refractivity contribution in [1.82, 2.24) is 10.5 Å². The Morgan fingerprint density at radius 3 is 2.71 bits per heavy atom. The molecule has 0 aliphatic carbocycles. The van der Waals surface area contributed by atoms with E-state index in [0.717, 1.165) is 5.69 Å². The third kappa shape index (κ3) is 3.40. The van der Waals surface area contributed by atoms with Gasteiger partial charge in [-0.05, 0) is 18.2 Å². The summed E-state index contributed by atoms with van der Waals surface area (Å²) in [6.45, 7) is 0.583. The maximum Gasteiger partial charge on any atom is 0.0790 e. The Hall–Kier alpha value is -0.650. The van der Waals surface area contributed by atoms with Crippen LogP contribution in [0, 0.1) is 0 Å². The number of benzene rings is 1. The highest BCUT2D eigenvalue weighted by molar-refractivity contribution is 6.35. The van der Waals surface area contributed by atoms with Gasteiger partial charge in [0, 0.05) is 17.4 Å². The summed E-state index contributed by atoms with van der Waals surface area (Å²) in [5, 5.41) is 13.5. The van der Waals surface area contributed by atoms with E-state index in [4.69, 9.17) is 28.3 Å². The van der Waals surface area contributed by atoms with Gasteiger partial charge in [0.05, 0.1) is 23.9 Å². The number of hydrogen-bond acceptors (Lipinski definition) is 4. The molecular formula is C10H12Cl3N3O. The number of hydrogen-bond donors (Lipinski definition) is 2. The molecule has 4 nitrogen and oxygen atoms in total. The van der Waals surface area contributed by atoms with Crippen molar-refractivity contribution in [2.45, 2.75) is 0 Å². The number of nitrogens with one attached hydrogen (secondary N) is 1. The summed E-state index contributed by atoms with van der Waals surface area (Å²) in [4.78, 5) is 0. The van der Waals surface area contributed by atoms with Gasteiger partial charge in [-0.3, -0.25) is 10.0 Å². The van der Waals surface area contributed by atoms with Gasteiger partial charge >= 0.3 is 0 Å². The Balaban J connectivity index is 0.00000144. The van der Waals surface area contributed by atoms with Crippen LogP contribution in [0.5, 0.6) is 0 Å². The highest BCUT2D eigenvalue weighted by Crippen LogP contribution is 2.29. The maximum atomic E-state index is 8.80.